The molecule has 1 nitrogen and oxygen atoms in total. The average molecular weight is 512 g/mol. The molecular formula is C36H30ClN. The van der Waals surface area contributed by atoms with Gasteiger partial charge in [-0.15, -0.1) is 0 Å². The zero-order chi connectivity index (χ0) is 26.2. The second-order valence-electron chi connectivity index (χ2n) is 11.6. The highest BCUT2D eigenvalue weighted by Gasteiger charge is 2.37. The molecule has 0 saturated heterocycles. The minimum Gasteiger partial charge on any atom is -0.310 e. The van der Waals surface area contributed by atoms with E-state index < -0.39 is 0 Å². The molecule has 0 aromatic heterocycles. The molecule has 0 bridgehead atoms. The Kier molecular flexibility index (Phi) is 4.97. The van der Waals surface area contributed by atoms with Gasteiger partial charge in [-0.05, 0) is 93.0 Å². The van der Waals surface area contributed by atoms with E-state index in [9.17, 15) is 0 Å². The molecule has 0 spiro atoms. The maximum Gasteiger partial charge on any atom is 0.0465 e. The van der Waals surface area contributed by atoms with Gasteiger partial charge in [-0.3, -0.25) is 0 Å². The SMILES string of the molecule is CC1(C)c2ccccc2-c2ccc(N(c3ccc(Cl)cc3)c3ccc4c(c3)C(C)(C)c3ccccc3-4)cc21. The number of rotatable bonds is 3. The Morgan fingerprint density at radius 3 is 1.32 bits per heavy atom. The van der Waals surface area contributed by atoms with Crippen LogP contribution in [0.3, 0.4) is 0 Å². The van der Waals surface area contributed by atoms with Crippen molar-refractivity contribution in [3.8, 4) is 22.3 Å². The second kappa shape index (κ2) is 8.09. The summed E-state index contributed by atoms with van der Waals surface area (Å²) >= 11 is 6.32. The molecule has 0 unspecified atom stereocenters. The van der Waals surface area contributed by atoms with E-state index in [1.165, 1.54) is 44.5 Å². The molecule has 5 aromatic rings. The molecule has 0 N–H and O–H groups in total. The molecular weight excluding hydrogens is 482 g/mol. The fraction of sp³-hybridized carbons (Fsp3) is 0.167. The predicted octanol–water partition coefficient (Wildman–Crippen LogP) is 10.4. The topological polar surface area (TPSA) is 3.24 Å². The third-order valence-electron chi connectivity index (χ3n) is 8.74. The van der Waals surface area contributed by atoms with Crippen LogP contribution in [0.25, 0.3) is 22.3 Å². The normalized spacial score (nSPS) is 15.4. The lowest BCUT2D eigenvalue weighted by molar-refractivity contribution is 0.660. The van der Waals surface area contributed by atoms with Crippen LogP contribution in [0.5, 0.6) is 0 Å². The van der Waals surface area contributed by atoms with Crippen molar-refractivity contribution in [2.24, 2.45) is 0 Å². The Bertz CT molecular complexity index is 1620. The molecule has 2 aliphatic rings. The van der Waals surface area contributed by atoms with Crippen molar-refractivity contribution in [3.63, 3.8) is 0 Å². The third-order valence-corrected chi connectivity index (χ3v) is 8.99. The van der Waals surface area contributed by atoms with E-state index in [0.29, 0.717) is 0 Å². The monoisotopic (exact) mass is 511 g/mol. The van der Waals surface area contributed by atoms with E-state index in [0.717, 1.165) is 22.1 Å². The molecule has 0 fully saturated rings. The first-order valence-corrected chi connectivity index (χ1v) is 13.7. The first-order chi connectivity index (χ1) is 18.3. The number of anilines is 3. The maximum atomic E-state index is 6.32. The molecule has 0 saturated carbocycles. The van der Waals surface area contributed by atoms with Crippen LogP contribution in [-0.2, 0) is 10.8 Å². The van der Waals surface area contributed by atoms with E-state index >= 15 is 0 Å². The van der Waals surface area contributed by atoms with Crippen LogP contribution in [0.15, 0.2) is 109 Å². The van der Waals surface area contributed by atoms with Gasteiger partial charge in [0.1, 0.15) is 0 Å². The van der Waals surface area contributed by atoms with Crippen molar-refractivity contribution < 1.29 is 0 Å². The molecule has 5 aromatic carbocycles. The number of nitrogens with zero attached hydrogens (tertiary/aromatic N) is 1. The highest BCUT2D eigenvalue weighted by molar-refractivity contribution is 6.30. The van der Waals surface area contributed by atoms with E-state index in [4.69, 9.17) is 11.6 Å². The molecule has 0 radical (unpaired) electrons. The maximum absolute atomic E-state index is 6.32. The summed E-state index contributed by atoms with van der Waals surface area (Å²) in [4.78, 5) is 2.37. The summed E-state index contributed by atoms with van der Waals surface area (Å²) in [6, 6.07) is 39.7. The van der Waals surface area contributed by atoms with E-state index in [1.807, 2.05) is 12.1 Å². The zero-order valence-corrected chi connectivity index (χ0v) is 23.0. The molecule has 0 atom stereocenters. The molecule has 0 amide bonds. The summed E-state index contributed by atoms with van der Waals surface area (Å²) in [5.41, 5.74) is 14.1. The highest BCUT2D eigenvalue weighted by atomic mass is 35.5. The largest absolute Gasteiger partial charge is 0.310 e. The van der Waals surface area contributed by atoms with Crippen molar-refractivity contribution in [3.05, 3.63) is 136 Å². The molecule has 38 heavy (non-hydrogen) atoms. The van der Waals surface area contributed by atoms with Gasteiger partial charge in [0.2, 0.25) is 0 Å². The minimum absolute atomic E-state index is 0.0603. The zero-order valence-electron chi connectivity index (χ0n) is 22.2. The third kappa shape index (κ3) is 3.25. The van der Waals surface area contributed by atoms with Crippen molar-refractivity contribution in [2.75, 3.05) is 4.90 Å². The number of fused-ring (bicyclic) bond motifs is 6. The summed E-state index contributed by atoms with van der Waals surface area (Å²) in [5.74, 6) is 0. The van der Waals surface area contributed by atoms with E-state index in [-0.39, 0.29) is 10.8 Å². The van der Waals surface area contributed by atoms with Gasteiger partial charge in [0, 0.05) is 32.9 Å². The van der Waals surface area contributed by atoms with Crippen LogP contribution < -0.4 is 4.90 Å². The first kappa shape index (κ1) is 23.3. The summed E-state index contributed by atoms with van der Waals surface area (Å²) < 4.78 is 0. The van der Waals surface area contributed by atoms with Gasteiger partial charge >= 0.3 is 0 Å². The quantitative estimate of drug-likeness (QED) is 0.233. The minimum atomic E-state index is -0.0603. The number of hydrogen-bond donors (Lipinski definition) is 0. The van der Waals surface area contributed by atoms with Crippen LogP contribution in [-0.4, -0.2) is 0 Å². The summed E-state index contributed by atoms with van der Waals surface area (Å²) in [5, 5.41) is 0.741. The van der Waals surface area contributed by atoms with Gasteiger partial charge in [-0.25, -0.2) is 0 Å². The van der Waals surface area contributed by atoms with Crippen molar-refractivity contribution in [2.45, 2.75) is 38.5 Å². The summed E-state index contributed by atoms with van der Waals surface area (Å²) in [6.07, 6.45) is 0. The van der Waals surface area contributed by atoms with Gasteiger partial charge in [0.25, 0.3) is 0 Å². The Hall–Kier alpha value is -3.81. The van der Waals surface area contributed by atoms with Gasteiger partial charge in [0.15, 0.2) is 0 Å². The Labute approximate surface area is 230 Å². The van der Waals surface area contributed by atoms with Crippen molar-refractivity contribution in [1.82, 2.24) is 0 Å². The lowest BCUT2D eigenvalue weighted by atomic mass is 9.82. The van der Waals surface area contributed by atoms with E-state index in [1.54, 1.807) is 0 Å². The van der Waals surface area contributed by atoms with Gasteiger partial charge < -0.3 is 4.90 Å². The van der Waals surface area contributed by atoms with E-state index in [2.05, 4.69) is 130 Å². The molecule has 0 heterocycles. The number of benzene rings is 5. The Morgan fingerprint density at radius 2 is 0.842 bits per heavy atom. The first-order valence-electron chi connectivity index (χ1n) is 13.3. The smallest absolute Gasteiger partial charge is 0.0465 e. The summed E-state index contributed by atoms with van der Waals surface area (Å²) in [7, 11) is 0. The van der Waals surface area contributed by atoms with Crippen LogP contribution >= 0.6 is 11.6 Å². The van der Waals surface area contributed by atoms with Crippen molar-refractivity contribution >= 4 is 28.7 Å². The average Bonchev–Trinajstić information content (AvgIpc) is 3.30. The number of hydrogen-bond acceptors (Lipinski definition) is 1. The molecule has 186 valence electrons. The van der Waals surface area contributed by atoms with Crippen LogP contribution in [0.4, 0.5) is 17.1 Å². The fourth-order valence-electron chi connectivity index (χ4n) is 6.70. The number of halogens is 1. The van der Waals surface area contributed by atoms with Gasteiger partial charge in [-0.1, -0.05) is 100.0 Å². The predicted molar refractivity (Wildman–Crippen MR) is 161 cm³/mol. The Balaban J connectivity index is 1.42. The highest BCUT2D eigenvalue weighted by Crippen LogP contribution is 2.52. The van der Waals surface area contributed by atoms with Gasteiger partial charge in [0.05, 0.1) is 0 Å². The van der Waals surface area contributed by atoms with Crippen molar-refractivity contribution in [1.29, 1.82) is 0 Å². The second-order valence-corrected chi connectivity index (χ2v) is 12.0. The van der Waals surface area contributed by atoms with Crippen LogP contribution in [0.1, 0.15) is 49.9 Å². The summed E-state index contributed by atoms with van der Waals surface area (Å²) in [6.45, 7) is 9.35. The Morgan fingerprint density at radius 1 is 0.447 bits per heavy atom. The fourth-order valence-corrected chi connectivity index (χ4v) is 6.83. The van der Waals surface area contributed by atoms with Crippen LogP contribution in [0.2, 0.25) is 5.02 Å². The lowest BCUT2D eigenvalue weighted by Crippen LogP contribution is -2.18. The molecule has 7 rings (SSSR count). The lowest BCUT2D eigenvalue weighted by Gasteiger charge is -2.29. The van der Waals surface area contributed by atoms with Gasteiger partial charge in [-0.2, -0.15) is 0 Å². The standard InChI is InChI=1S/C36H30ClN/c1-35(2)31-11-7-5-9-27(31)29-19-17-25(21-33(29)35)38(24-15-13-23(37)14-16-24)26-18-20-30-28-10-6-8-12-32(28)36(3,4)34(30)22-26/h5-22H,1-4H3. The molecule has 0 aliphatic heterocycles. The molecule has 2 aliphatic carbocycles. The van der Waals surface area contributed by atoms with Crippen LogP contribution in [0, 0.1) is 0 Å². The molecule has 2 heteroatoms.